The van der Waals surface area contributed by atoms with Crippen LogP contribution < -0.4 is 27.1 Å². The maximum atomic E-state index is 12.8. The number of nitrogens with zero attached hydrogens (tertiary/aromatic N) is 2. The van der Waals surface area contributed by atoms with Crippen LogP contribution in [0, 0.1) is 13.8 Å². The first-order chi connectivity index (χ1) is 14.6. The highest BCUT2D eigenvalue weighted by molar-refractivity contribution is 7.91. The van der Waals surface area contributed by atoms with Crippen LogP contribution in [0.25, 0.3) is 0 Å². The normalized spacial score (nSPS) is 10.6. The molecule has 2 rings (SSSR count). The highest BCUT2D eigenvalue weighted by Crippen LogP contribution is 2.13. The van der Waals surface area contributed by atoms with Crippen LogP contribution in [0.1, 0.15) is 24.2 Å². The fourth-order valence-corrected chi connectivity index (χ4v) is 3.98. The predicted molar refractivity (Wildman–Crippen MR) is 124 cm³/mol. The molecular weight excluding hydrogens is 436 g/mol. The van der Waals surface area contributed by atoms with Gasteiger partial charge in [0.2, 0.25) is 21.9 Å². The van der Waals surface area contributed by atoms with Gasteiger partial charge in [-0.25, -0.2) is 8.42 Å². The molecule has 1 heterocycles. The molecule has 1 aromatic carbocycles. The second kappa shape index (κ2) is 11.7. The second-order valence-electron chi connectivity index (χ2n) is 6.77. The molecule has 0 radical (unpaired) electrons. The smallest absolute Gasteiger partial charge is 0.275 e. The number of nitrogens with one attached hydrogen (secondary N) is 2. The van der Waals surface area contributed by atoms with Gasteiger partial charge in [0.05, 0.1) is 12.3 Å². The Morgan fingerprint density at radius 1 is 1.16 bits per heavy atom. The van der Waals surface area contributed by atoms with Crippen LogP contribution in [0.2, 0.25) is 0 Å². The largest absolute Gasteiger partial charge is 0.391 e. The lowest BCUT2D eigenvalue weighted by molar-refractivity contribution is -0.122. The first kappa shape index (κ1) is 26.5. The SMILES string of the molecule is C.Cc1ccccc1CS(=O)(=O)Nc1ccc(C)n(CC(=O)NCCON=C(N)N)c1=O. The van der Waals surface area contributed by atoms with Crippen molar-refractivity contribution >= 4 is 27.6 Å². The number of carbonyl (C=O) groups is 1. The summed E-state index contributed by atoms with van der Waals surface area (Å²) in [6.07, 6.45) is 0. The average molecular weight is 467 g/mol. The van der Waals surface area contributed by atoms with E-state index in [4.69, 9.17) is 16.3 Å². The standard InChI is InChI=1S/C19H26N6O5S.CH4/c1-13-5-3-4-6-15(13)12-31(28,29)24-16-8-7-14(2)25(18(16)27)11-17(26)22-9-10-30-23-19(20)21;/h3-8,24H,9-12H2,1-2H3,(H,22,26)(H4,20,21,23);1H4. The minimum Gasteiger partial charge on any atom is -0.391 e. The van der Waals surface area contributed by atoms with E-state index in [9.17, 15) is 18.0 Å². The summed E-state index contributed by atoms with van der Waals surface area (Å²) >= 11 is 0. The van der Waals surface area contributed by atoms with Crippen molar-refractivity contribution in [2.24, 2.45) is 16.6 Å². The van der Waals surface area contributed by atoms with Crippen LogP contribution in [0.4, 0.5) is 5.69 Å². The summed E-state index contributed by atoms with van der Waals surface area (Å²) in [5.41, 5.74) is 11.4. The molecule has 1 aromatic heterocycles. The Kier molecular flexibility index (Phi) is 9.72. The quantitative estimate of drug-likeness (QED) is 0.169. The topological polar surface area (TPSA) is 171 Å². The number of aromatic nitrogens is 1. The molecule has 0 atom stereocenters. The summed E-state index contributed by atoms with van der Waals surface area (Å²) in [6, 6.07) is 10.0. The van der Waals surface area contributed by atoms with Crippen LogP contribution in [0.3, 0.4) is 0 Å². The van der Waals surface area contributed by atoms with E-state index in [0.717, 1.165) is 5.56 Å². The number of aryl methyl sites for hydroxylation is 2. The van der Waals surface area contributed by atoms with Crippen molar-refractivity contribution in [1.82, 2.24) is 9.88 Å². The summed E-state index contributed by atoms with van der Waals surface area (Å²) in [4.78, 5) is 29.7. The number of carbonyl (C=O) groups excluding carboxylic acids is 1. The molecule has 176 valence electrons. The number of benzene rings is 1. The van der Waals surface area contributed by atoms with Crippen molar-refractivity contribution in [3.05, 3.63) is 63.6 Å². The molecule has 2 aromatic rings. The van der Waals surface area contributed by atoms with E-state index in [2.05, 4.69) is 15.2 Å². The molecule has 1 amide bonds. The molecular formula is C20H30N6O5S. The van der Waals surface area contributed by atoms with Crippen LogP contribution in [0.5, 0.6) is 0 Å². The lowest BCUT2D eigenvalue weighted by atomic mass is 10.1. The van der Waals surface area contributed by atoms with Gasteiger partial charge in [-0.15, -0.1) is 0 Å². The Morgan fingerprint density at radius 3 is 2.50 bits per heavy atom. The van der Waals surface area contributed by atoms with Crippen LogP contribution in [-0.2, 0) is 32.0 Å². The molecule has 0 aliphatic rings. The molecule has 0 fully saturated rings. The molecule has 6 N–H and O–H groups in total. The summed E-state index contributed by atoms with van der Waals surface area (Å²) in [6.45, 7) is 3.32. The molecule has 0 bridgehead atoms. The Balaban J connectivity index is 0.00000512. The number of anilines is 1. The first-order valence-corrected chi connectivity index (χ1v) is 11.0. The van der Waals surface area contributed by atoms with E-state index < -0.39 is 21.5 Å². The van der Waals surface area contributed by atoms with E-state index >= 15 is 0 Å². The number of rotatable bonds is 10. The number of sulfonamides is 1. The zero-order valence-corrected chi connectivity index (χ0v) is 18.1. The third kappa shape index (κ3) is 7.95. The summed E-state index contributed by atoms with van der Waals surface area (Å²) < 4.78 is 28.6. The van der Waals surface area contributed by atoms with Crippen molar-refractivity contribution in [2.45, 2.75) is 33.6 Å². The summed E-state index contributed by atoms with van der Waals surface area (Å²) in [5, 5.41) is 5.87. The Bertz CT molecular complexity index is 1120. The molecule has 0 saturated heterocycles. The van der Waals surface area contributed by atoms with Gasteiger partial charge in [-0.2, -0.15) is 0 Å². The minimum atomic E-state index is -3.83. The fourth-order valence-electron chi connectivity index (χ4n) is 2.68. The fraction of sp³-hybridized carbons (Fsp3) is 0.350. The van der Waals surface area contributed by atoms with Gasteiger partial charge in [-0.3, -0.25) is 14.3 Å². The predicted octanol–water partition coefficient (Wildman–Crippen LogP) is 0.364. The Hall–Kier alpha value is -3.54. The van der Waals surface area contributed by atoms with Crippen molar-refractivity contribution in [2.75, 3.05) is 17.9 Å². The lowest BCUT2D eigenvalue weighted by Gasteiger charge is -2.14. The van der Waals surface area contributed by atoms with Crippen molar-refractivity contribution in [1.29, 1.82) is 0 Å². The van der Waals surface area contributed by atoms with E-state index in [1.807, 2.05) is 19.1 Å². The van der Waals surface area contributed by atoms with E-state index in [-0.39, 0.29) is 44.5 Å². The molecule has 12 heteroatoms. The number of hydrogen-bond acceptors (Lipinski definition) is 6. The van der Waals surface area contributed by atoms with Crippen LogP contribution in [0.15, 0.2) is 46.3 Å². The monoisotopic (exact) mass is 466 g/mol. The van der Waals surface area contributed by atoms with Gasteiger partial charge in [-0.05, 0) is 42.3 Å². The minimum absolute atomic E-state index is 0. The van der Waals surface area contributed by atoms with Gasteiger partial charge in [-0.1, -0.05) is 31.7 Å². The number of pyridine rings is 1. The van der Waals surface area contributed by atoms with E-state index in [0.29, 0.717) is 11.3 Å². The van der Waals surface area contributed by atoms with Gasteiger partial charge in [0, 0.05) is 5.69 Å². The molecule has 0 unspecified atom stereocenters. The number of amides is 1. The van der Waals surface area contributed by atoms with E-state index in [1.54, 1.807) is 25.1 Å². The molecule has 11 nitrogen and oxygen atoms in total. The molecule has 32 heavy (non-hydrogen) atoms. The van der Waals surface area contributed by atoms with Crippen molar-refractivity contribution < 1.29 is 18.0 Å². The third-order valence-corrected chi connectivity index (χ3v) is 5.47. The van der Waals surface area contributed by atoms with Crippen LogP contribution >= 0.6 is 0 Å². The van der Waals surface area contributed by atoms with Gasteiger partial charge in [0.1, 0.15) is 18.8 Å². The average Bonchev–Trinajstić information content (AvgIpc) is 2.68. The zero-order chi connectivity index (χ0) is 23.0. The number of guanidine groups is 1. The number of nitrogens with two attached hydrogens (primary N) is 2. The molecule has 0 aliphatic carbocycles. The Morgan fingerprint density at radius 2 is 1.84 bits per heavy atom. The highest BCUT2D eigenvalue weighted by Gasteiger charge is 2.17. The van der Waals surface area contributed by atoms with Crippen molar-refractivity contribution in [3.8, 4) is 0 Å². The Labute approximate surface area is 187 Å². The third-order valence-electron chi connectivity index (χ3n) is 4.25. The molecule has 0 saturated carbocycles. The maximum Gasteiger partial charge on any atom is 0.275 e. The van der Waals surface area contributed by atoms with Gasteiger partial charge >= 0.3 is 0 Å². The van der Waals surface area contributed by atoms with Crippen LogP contribution in [-0.4, -0.2) is 38.0 Å². The first-order valence-electron chi connectivity index (χ1n) is 9.32. The van der Waals surface area contributed by atoms with Gasteiger partial charge in [0.15, 0.2) is 0 Å². The van der Waals surface area contributed by atoms with Gasteiger partial charge < -0.3 is 26.2 Å². The maximum absolute atomic E-state index is 12.8. The summed E-state index contributed by atoms with van der Waals surface area (Å²) in [7, 11) is -3.83. The zero-order valence-electron chi connectivity index (χ0n) is 17.3. The molecule has 0 spiro atoms. The highest BCUT2D eigenvalue weighted by atomic mass is 32.2. The molecule has 0 aliphatic heterocycles. The second-order valence-corrected chi connectivity index (χ2v) is 8.49. The van der Waals surface area contributed by atoms with E-state index in [1.165, 1.54) is 10.6 Å². The number of oxime groups is 1. The lowest BCUT2D eigenvalue weighted by Crippen LogP contribution is -2.36. The summed E-state index contributed by atoms with van der Waals surface area (Å²) in [5.74, 6) is -0.975. The number of hydrogen-bond donors (Lipinski definition) is 4. The van der Waals surface area contributed by atoms with Crippen molar-refractivity contribution in [3.63, 3.8) is 0 Å². The van der Waals surface area contributed by atoms with Gasteiger partial charge in [0.25, 0.3) is 5.56 Å².